The van der Waals surface area contributed by atoms with Gasteiger partial charge in [0.15, 0.2) is 0 Å². The molecule has 24 heavy (non-hydrogen) atoms. The number of carbonyl (C=O) groups excluding carboxylic acids is 1. The van der Waals surface area contributed by atoms with E-state index in [4.69, 9.17) is 0 Å². The zero-order chi connectivity index (χ0) is 17.1. The highest BCUT2D eigenvalue weighted by Crippen LogP contribution is 2.20. The van der Waals surface area contributed by atoms with Gasteiger partial charge in [-0.1, -0.05) is 30.3 Å². The number of hydrazone groups is 1. The number of fused-ring (bicyclic) bond motifs is 1. The van der Waals surface area contributed by atoms with Gasteiger partial charge in [0.05, 0.1) is 17.3 Å². The molecule has 3 rings (SSSR count). The predicted octanol–water partition coefficient (Wildman–Crippen LogP) is 1.70. The SMILES string of the molecule is O=C(NN=Cc1c(O)[nH]c(=O)c2ccccc12)c1ccccc1O. The van der Waals surface area contributed by atoms with Gasteiger partial charge in [-0.15, -0.1) is 0 Å². The predicted molar refractivity (Wildman–Crippen MR) is 89.4 cm³/mol. The minimum Gasteiger partial charge on any atom is -0.507 e. The summed E-state index contributed by atoms with van der Waals surface area (Å²) in [6.45, 7) is 0. The van der Waals surface area contributed by atoms with Gasteiger partial charge in [-0.05, 0) is 18.2 Å². The van der Waals surface area contributed by atoms with Crippen molar-refractivity contribution in [2.45, 2.75) is 0 Å². The highest BCUT2D eigenvalue weighted by molar-refractivity contribution is 6.02. The maximum Gasteiger partial charge on any atom is 0.275 e. The first-order chi connectivity index (χ1) is 11.6. The van der Waals surface area contributed by atoms with E-state index in [1.165, 1.54) is 18.3 Å². The lowest BCUT2D eigenvalue weighted by Crippen LogP contribution is -2.18. The molecule has 2 aromatic carbocycles. The first-order valence-corrected chi connectivity index (χ1v) is 7.03. The minimum absolute atomic E-state index is 0.0743. The zero-order valence-corrected chi connectivity index (χ0v) is 12.4. The molecule has 3 aromatic rings. The lowest BCUT2D eigenvalue weighted by Gasteiger charge is -2.05. The third-order valence-electron chi connectivity index (χ3n) is 3.46. The van der Waals surface area contributed by atoms with Crippen LogP contribution in [0.15, 0.2) is 58.4 Å². The molecule has 1 aromatic heterocycles. The van der Waals surface area contributed by atoms with E-state index >= 15 is 0 Å². The molecule has 0 aliphatic rings. The number of aromatic hydroxyl groups is 2. The van der Waals surface area contributed by atoms with Gasteiger partial charge in [-0.25, -0.2) is 5.43 Å². The lowest BCUT2D eigenvalue weighted by molar-refractivity contribution is 0.0952. The largest absolute Gasteiger partial charge is 0.507 e. The molecule has 0 radical (unpaired) electrons. The van der Waals surface area contributed by atoms with Crippen molar-refractivity contribution < 1.29 is 15.0 Å². The van der Waals surface area contributed by atoms with E-state index in [-0.39, 0.29) is 22.8 Å². The fourth-order valence-electron chi connectivity index (χ4n) is 2.30. The van der Waals surface area contributed by atoms with Crippen LogP contribution in [-0.2, 0) is 0 Å². The second kappa shape index (κ2) is 6.25. The van der Waals surface area contributed by atoms with Crippen molar-refractivity contribution in [2.24, 2.45) is 5.10 Å². The summed E-state index contributed by atoms with van der Waals surface area (Å²) in [7, 11) is 0. The van der Waals surface area contributed by atoms with Crippen LogP contribution < -0.4 is 11.0 Å². The first kappa shape index (κ1) is 15.3. The number of aromatic nitrogens is 1. The van der Waals surface area contributed by atoms with E-state index in [0.717, 1.165) is 0 Å². The van der Waals surface area contributed by atoms with Crippen LogP contribution in [0, 0.1) is 0 Å². The standard InChI is InChI=1S/C17H13N3O4/c21-14-8-4-3-7-12(14)17(24)20-18-9-13-10-5-1-2-6-11(10)15(22)19-16(13)23/h1-9,21H,(H,20,24)(H2,19,22,23). The number of rotatable bonds is 3. The minimum atomic E-state index is -0.599. The fourth-order valence-corrected chi connectivity index (χ4v) is 2.30. The number of aromatic amines is 1. The van der Waals surface area contributed by atoms with Crippen LogP contribution in [0.4, 0.5) is 0 Å². The summed E-state index contributed by atoms with van der Waals surface area (Å²) >= 11 is 0. The Hall–Kier alpha value is -3.61. The number of nitrogens with one attached hydrogen (secondary N) is 2. The van der Waals surface area contributed by atoms with E-state index in [1.54, 1.807) is 36.4 Å². The van der Waals surface area contributed by atoms with Gasteiger partial charge in [0.25, 0.3) is 11.5 Å². The van der Waals surface area contributed by atoms with Gasteiger partial charge in [0.1, 0.15) is 5.75 Å². The Kier molecular flexibility index (Phi) is 3.98. The molecule has 7 heteroatoms. The average Bonchev–Trinajstić information content (AvgIpc) is 2.58. The van der Waals surface area contributed by atoms with Crippen molar-refractivity contribution in [1.82, 2.24) is 10.4 Å². The number of phenolic OH excluding ortho intramolecular Hbond substituents is 1. The first-order valence-electron chi connectivity index (χ1n) is 7.03. The highest BCUT2D eigenvalue weighted by Gasteiger charge is 2.10. The number of hydrogen-bond acceptors (Lipinski definition) is 5. The molecular weight excluding hydrogens is 310 g/mol. The molecule has 0 saturated carbocycles. The number of amides is 1. The van der Waals surface area contributed by atoms with E-state index in [1.807, 2.05) is 0 Å². The van der Waals surface area contributed by atoms with E-state index in [0.29, 0.717) is 10.8 Å². The Labute approximate surface area is 135 Å². The Morgan fingerprint density at radius 3 is 2.46 bits per heavy atom. The molecule has 1 amide bonds. The summed E-state index contributed by atoms with van der Waals surface area (Å²) in [5, 5.41) is 24.2. The third-order valence-corrected chi connectivity index (χ3v) is 3.46. The van der Waals surface area contributed by atoms with Crippen LogP contribution in [0.25, 0.3) is 10.8 Å². The van der Waals surface area contributed by atoms with Crippen LogP contribution >= 0.6 is 0 Å². The van der Waals surface area contributed by atoms with Crippen LogP contribution in [0.2, 0.25) is 0 Å². The molecule has 0 unspecified atom stereocenters. The normalized spacial score (nSPS) is 11.0. The van der Waals surface area contributed by atoms with Crippen LogP contribution in [0.3, 0.4) is 0 Å². The second-order valence-electron chi connectivity index (χ2n) is 4.98. The Morgan fingerprint density at radius 2 is 1.71 bits per heavy atom. The van der Waals surface area contributed by atoms with Crippen molar-refractivity contribution in [2.75, 3.05) is 0 Å². The van der Waals surface area contributed by atoms with Crippen LogP contribution in [-0.4, -0.2) is 27.3 Å². The summed E-state index contributed by atoms with van der Waals surface area (Å²) < 4.78 is 0. The molecular formula is C17H13N3O4. The molecule has 0 aliphatic carbocycles. The number of pyridine rings is 1. The molecule has 0 saturated heterocycles. The van der Waals surface area contributed by atoms with Gasteiger partial charge >= 0.3 is 0 Å². The van der Waals surface area contributed by atoms with Crippen molar-refractivity contribution in [3.63, 3.8) is 0 Å². The monoisotopic (exact) mass is 323 g/mol. The molecule has 0 fully saturated rings. The van der Waals surface area contributed by atoms with Gasteiger partial charge < -0.3 is 10.2 Å². The number of nitrogens with zero attached hydrogens (tertiary/aromatic N) is 1. The summed E-state index contributed by atoms with van der Waals surface area (Å²) in [6.07, 6.45) is 1.23. The van der Waals surface area contributed by atoms with Crippen LogP contribution in [0.1, 0.15) is 15.9 Å². The number of para-hydroxylation sites is 1. The molecule has 120 valence electrons. The summed E-state index contributed by atoms with van der Waals surface area (Å²) in [6, 6.07) is 12.8. The highest BCUT2D eigenvalue weighted by atomic mass is 16.3. The number of H-pyrrole nitrogens is 1. The molecule has 0 bridgehead atoms. The van der Waals surface area contributed by atoms with E-state index < -0.39 is 11.5 Å². The van der Waals surface area contributed by atoms with Gasteiger partial charge in [-0.3, -0.25) is 14.6 Å². The second-order valence-corrected chi connectivity index (χ2v) is 4.98. The van der Waals surface area contributed by atoms with Gasteiger partial charge in [-0.2, -0.15) is 5.10 Å². The molecule has 0 atom stereocenters. The third kappa shape index (κ3) is 2.82. The Morgan fingerprint density at radius 1 is 1.04 bits per heavy atom. The number of benzene rings is 2. The molecule has 4 N–H and O–H groups in total. The quantitative estimate of drug-likeness (QED) is 0.434. The molecule has 0 spiro atoms. The van der Waals surface area contributed by atoms with Crippen molar-refractivity contribution in [3.05, 3.63) is 70.0 Å². The number of phenols is 1. The Bertz CT molecular complexity index is 1010. The average molecular weight is 323 g/mol. The molecule has 7 nitrogen and oxygen atoms in total. The molecule has 0 aliphatic heterocycles. The van der Waals surface area contributed by atoms with Crippen molar-refractivity contribution >= 4 is 22.9 Å². The Balaban J connectivity index is 1.91. The summed E-state index contributed by atoms with van der Waals surface area (Å²) in [5.41, 5.74) is 2.18. The number of hydrogen-bond donors (Lipinski definition) is 4. The lowest BCUT2D eigenvalue weighted by atomic mass is 10.1. The van der Waals surface area contributed by atoms with E-state index in [2.05, 4.69) is 15.5 Å². The van der Waals surface area contributed by atoms with E-state index in [9.17, 15) is 19.8 Å². The van der Waals surface area contributed by atoms with Gasteiger partial charge in [0.2, 0.25) is 5.88 Å². The smallest absolute Gasteiger partial charge is 0.275 e. The topological polar surface area (TPSA) is 115 Å². The fraction of sp³-hybridized carbons (Fsp3) is 0. The zero-order valence-electron chi connectivity index (χ0n) is 12.4. The van der Waals surface area contributed by atoms with Crippen molar-refractivity contribution in [1.29, 1.82) is 0 Å². The maximum atomic E-state index is 12.0. The van der Waals surface area contributed by atoms with Crippen LogP contribution in [0.5, 0.6) is 11.6 Å². The van der Waals surface area contributed by atoms with Crippen molar-refractivity contribution in [3.8, 4) is 11.6 Å². The summed E-state index contributed by atoms with van der Waals surface area (Å²) in [5.74, 6) is -1.11. The molecule has 1 heterocycles. The summed E-state index contributed by atoms with van der Waals surface area (Å²) in [4.78, 5) is 26.1. The maximum absolute atomic E-state index is 12.0. The number of carbonyl (C=O) groups is 1. The van der Waals surface area contributed by atoms with Gasteiger partial charge in [0, 0.05) is 10.8 Å².